The summed E-state index contributed by atoms with van der Waals surface area (Å²) in [5.74, 6) is 0. The molecule has 12 heavy (non-hydrogen) atoms. The van der Waals surface area contributed by atoms with Crippen LogP contribution in [0.15, 0.2) is 24.4 Å². The van der Waals surface area contributed by atoms with E-state index in [0.29, 0.717) is 5.69 Å². The van der Waals surface area contributed by atoms with Gasteiger partial charge in [-0.05, 0) is 19.1 Å². The lowest BCUT2D eigenvalue weighted by Gasteiger charge is -2.05. The molecule has 0 radical (unpaired) electrons. The maximum atomic E-state index is 10.6. The summed E-state index contributed by atoms with van der Waals surface area (Å²) in [6, 6.07) is 4.91. The smallest absolute Gasteiger partial charge is 0.273 e. The van der Waals surface area contributed by atoms with E-state index in [2.05, 4.69) is 4.98 Å². The topological polar surface area (TPSA) is 67.3 Å². The van der Waals surface area contributed by atoms with Gasteiger partial charge in [0.05, 0.1) is 5.69 Å². The first kappa shape index (κ1) is 9.15. The Labute approximate surface area is 71.0 Å². The van der Waals surface area contributed by atoms with Gasteiger partial charge in [0, 0.05) is 6.20 Å². The Hall–Kier alpha value is -0.940. The predicted octanol–water partition coefficient (Wildman–Crippen LogP) is 1.03. The normalized spacial score (nSPS) is 14.2. The molecule has 0 amide bonds. The lowest BCUT2D eigenvalue weighted by atomic mass is 10.3. The Kier molecular flexibility index (Phi) is 2.44. The van der Waals surface area contributed by atoms with Gasteiger partial charge in [-0.15, -0.1) is 0 Å². The monoisotopic (exact) mass is 187 g/mol. The van der Waals surface area contributed by atoms with Crippen LogP contribution in [-0.2, 0) is 10.1 Å². The first-order valence-electron chi connectivity index (χ1n) is 3.39. The molecule has 4 nitrogen and oxygen atoms in total. The first-order valence-corrected chi connectivity index (χ1v) is 4.89. The molecule has 0 spiro atoms. The minimum Gasteiger partial charge on any atom is -0.285 e. The summed E-state index contributed by atoms with van der Waals surface area (Å²) in [4.78, 5) is 3.81. The van der Waals surface area contributed by atoms with Gasteiger partial charge in [0.25, 0.3) is 10.1 Å². The molecule has 0 aromatic carbocycles. The predicted molar refractivity (Wildman–Crippen MR) is 44.2 cm³/mol. The van der Waals surface area contributed by atoms with Crippen molar-refractivity contribution in [2.24, 2.45) is 0 Å². The number of hydrogen-bond donors (Lipinski definition) is 1. The van der Waals surface area contributed by atoms with Gasteiger partial charge in [-0.1, -0.05) is 6.07 Å². The van der Waals surface area contributed by atoms with Crippen LogP contribution < -0.4 is 0 Å². The van der Waals surface area contributed by atoms with Crippen molar-refractivity contribution in [3.05, 3.63) is 30.1 Å². The van der Waals surface area contributed by atoms with Gasteiger partial charge in [0.1, 0.15) is 5.25 Å². The molecule has 1 atom stereocenters. The number of rotatable bonds is 2. The SMILES string of the molecule is CC(c1ccccn1)S(=O)(=O)O. The summed E-state index contributed by atoms with van der Waals surface area (Å²) < 4.78 is 30.0. The van der Waals surface area contributed by atoms with Gasteiger partial charge in [-0.3, -0.25) is 9.54 Å². The largest absolute Gasteiger partial charge is 0.285 e. The van der Waals surface area contributed by atoms with Crippen molar-refractivity contribution in [1.82, 2.24) is 4.98 Å². The highest BCUT2D eigenvalue weighted by molar-refractivity contribution is 7.86. The highest BCUT2D eigenvalue weighted by Gasteiger charge is 2.19. The Morgan fingerprint density at radius 1 is 1.50 bits per heavy atom. The number of pyridine rings is 1. The Balaban J connectivity index is 3.02. The Morgan fingerprint density at radius 3 is 2.58 bits per heavy atom. The zero-order chi connectivity index (χ0) is 9.19. The van der Waals surface area contributed by atoms with Crippen LogP contribution in [0.2, 0.25) is 0 Å². The van der Waals surface area contributed by atoms with Gasteiger partial charge in [0.2, 0.25) is 0 Å². The molecule has 1 aromatic rings. The lowest BCUT2D eigenvalue weighted by molar-refractivity contribution is 0.471. The van der Waals surface area contributed by atoms with Crippen molar-refractivity contribution < 1.29 is 13.0 Å². The molecule has 1 heterocycles. The lowest BCUT2D eigenvalue weighted by Crippen LogP contribution is -2.09. The van der Waals surface area contributed by atoms with E-state index in [1.165, 1.54) is 13.1 Å². The highest BCUT2D eigenvalue weighted by Crippen LogP contribution is 2.16. The van der Waals surface area contributed by atoms with Crippen molar-refractivity contribution >= 4 is 10.1 Å². The first-order chi connectivity index (χ1) is 5.52. The number of hydrogen-bond acceptors (Lipinski definition) is 3. The molecule has 0 aliphatic carbocycles. The zero-order valence-electron chi connectivity index (χ0n) is 6.51. The van der Waals surface area contributed by atoms with Gasteiger partial charge in [-0.25, -0.2) is 0 Å². The average molecular weight is 187 g/mol. The van der Waals surface area contributed by atoms with E-state index >= 15 is 0 Å². The van der Waals surface area contributed by atoms with E-state index < -0.39 is 15.4 Å². The summed E-state index contributed by atoms with van der Waals surface area (Å²) in [5.41, 5.74) is 0.347. The van der Waals surface area contributed by atoms with Gasteiger partial charge in [-0.2, -0.15) is 8.42 Å². The second kappa shape index (κ2) is 3.20. The Bertz CT molecular complexity index is 346. The van der Waals surface area contributed by atoms with Crippen LogP contribution in [0.4, 0.5) is 0 Å². The maximum absolute atomic E-state index is 10.6. The summed E-state index contributed by atoms with van der Waals surface area (Å²) in [7, 11) is -4.02. The standard InChI is InChI=1S/C7H9NO3S/c1-6(12(9,10)11)7-4-2-3-5-8-7/h2-6H,1H3,(H,9,10,11). The summed E-state index contributed by atoms with van der Waals surface area (Å²) in [6.07, 6.45) is 1.48. The van der Waals surface area contributed by atoms with E-state index in [0.717, 1.165) is 0 Å². The van der Waals surface area contributed by atoms with Crippen LogP contribution in [0.1, 0.15) is 17.9 Å². The quantitative estimate of drug-likeness (QED) is 0.702. The molecule has 1 unspecified atom stereocenters. The van der Waals surface area contributed by atoms with Gasteiger partial charge < -0.3 is 0 Å². The molecule has 0 aliphatic heterocycles. The van der Waals surface area contributed by atoms with Crippen molar-refractivity contribution in [3.63, 3.8) is 0 Å². The number of aromatic nitrogens is 1. The minimum atomic E-state index is -4.02. The molecule has 1 rings (SSSR count). The van der Waals surface area contributed by atoms with Crippen LogP contribution >= 0.6 is 0 Å². The molecular formula is C7H9NO3S. The van der Waals surface area contributed by atoms with E-state index in [4.69, 9.17) is 4.55 Å². The summed E-state index contributed by atoms with van der Waals surface area (Å²) in [5, 5.41) is -0.960. The van der Waals surface area contributed by atoms with E-state index in [1.807, 2.05) is 0 Å². The van der Waals surface area contributed by atoms with Crippen LogP contribution in [0, 0.1) is 0 Å². The molecule has 0 fully saturated rings. The molecule has 5 heteroatoms. The maximum Gasteiger partial charge on any atom is 0.273 e. The molecule has 1 N–H and O–H groups in total. The second-order valence-electron chi connectivity index (χ2n) is 2.41. The van der Waals surface area contributed by atoms with Crippen molar-refractivity contribution in [2.45, 2.75) is 12.2 Å². The fourth-order valence-corrected chi connectivity index (χ4v) is 1.21. The molecule has 0 saturated carbocycles. The molecular weight excluding hydrogens is 178 g/mol. The van der Waals surface area contributed by atoms with E-state index in [9.17, 15) is 8.42 Å². The van der Waals surface area contributed by atoms with Crippen molar-refractivity contribution in [2.75, 3.05) is 0 Å². The second-order valence-corrected chi connectivity index (χ2v) is 4.15. The fraction of sp³-hybridized carbons (Fsp3) is 0.286. The third-order valence-electron chi connectivity index (χ3n) is 1.55. The highest BCUT2D eigenvalue weighted by atomic mass is 32.2. The Morgan fingerprint density at radius 2 is 2.17 bits per heavy atom. The molecule has 66 valence electrons. The molecule has 0 bridgehead atoms. The molecule has 0 saturated heterocycles. The average Bonchev–Trinajstić information content (AvgIpc) is 2.03. The third kappa shape index (κ3) is 2.02. The third-order valence-corrected chi connectivity index (χ3v) is 2.69. The van der Waals surface area contributed by atoms with Crippen LogP contribution in [0.5, 0.6) is 0 Å². The molecule has 1 aromatic heterocycles. The van der Waals surface area contributed by atoms with Gasteiger partial charge >= 0.3 is 0 Å². The zero-order valence-corrected chi connectivity index (χ0v) is 7.32. The minimum absolute atomic E-state index is 0.347. The van der Waals surface area contributed by atoms with Crippen LogP contribution in [0.25, 0.3) is 0 Å². The van der Waals surface area contributed by atoms with Gasteiger partial charge in [0.15, 0.2) is 0 Å². The summed E-state index contributed by atoms with van der Waals surface area (Å²) >= 11 is 0. The van der Waals surface area contributed by atoms with Crippen LogP contribution in [-0.4, -0.2) is 18.0 Å². The number of nitrogens with zero attached hydrogens (tertiary/aromatic N) is 1. The van der Waals surface area contributed by atoms with E-state index in [-0.39, 0.29) is 0 Å². The van der Waals surface area contributed by atoms with Crippen molar-refractivity contribution in [1.29, 1.82) is 0 Å². The van der Waals surface area contributed by atoms with Crippen molar-refractivity contribution in [3.8, 4) is 0 Å². The summed E-state index contributed by atoms with van der Waals surface area (Å²) in [6.45, 7) is 1.39. The fourth-order valence-electron chi connectivity index (χ4n) is 0.769. The van der Waals surface area contributed by atoms with E-state index in [1.54, 1.807) is 18.2 Å². The molecule has 0 aliphatic rings. The van der Waals surface area contributed by atoms with Crippen LogP contribution in [0.3, 0.4) is 0 Å².